The first-order valence-electron chi connectivity index (χ1n) is 4.66. The summed E-state index contributed by atoms with van der Waals surface area (Å²) in [7, 11) is 0. The van der Waals surface area contributed by atoms with E-state index >= 15 is 0 Å². The zero-order valence-electron chi connectivity index (χ0n) is 8.53. The number of hydrogen-bond acceptors (Lipinski definition) is 2. The summed E-state index contributed by atoms with van der Waals surface area (Å²) in [5.41, 5.74) is 0.859. The predicted molar refractivity (Wildman–Crippen MR) is 61.9 cm³/mol. The fraction of sp³-hybridized carbons (Fsp3) is 0.0909. The van der Waals surface area contributed by atoms with E-state index in [-0.39, 0.29) is 16.1 Å². The lowest BCUT2D eigenvalue weighted by molar-refractivity contribution is 0.614. The highest BCUT2D eigenvalue weighted by Gasteiger charge is 2.04. The van der Waals surface area contributed by atoms with Crippen LogP contribution in [0.5, 0.6) is 0 Å². The van der Waals surface area contributed by atoms with Crippen molar-refractivity contribution in [2.45, 2.75) is 6.92 Å². The number of halogens is 1. The molecule has 0 bridgehead atoms. The summed E-state index contributed by atoms with van der Waals surface area (Å²) in [6.45, 7) is 1.80. The SMILES string of the molecule is Cc1ccc(-n2ccc(=O)[nH]c2=S)c(F)c1. The minimum atomic E-state index is -0.372. The van der Waals surface area contributed by atoms with E-state index in [0.29, 0.717) is 5.69 Å². The zero-order valence-corrected chi connectivity index (χ0v) is 9.34. The van der Waals surface area contributed by atoms with Crippen LogP contribution in [0.3, 0.4) is 0 Å². The van der Waals surface area contributed by atoms with Crippen LogP contribution >= 0.6 is 12.2 Å². The van der Waals surface area contributed by atoms with Gasteiger partial charge in [0.15, 0.2) is 4.77 Å². The van der Waals surface area contributed by atoms with Gasteiger partial charge in [0, 0.05) is 12.3 Å². The molecule has 16 heavy (non-hydrogen) atoms. The molecule has 0 aliphatic heterocycles. The van der Waals surface area contributed by atoms with Crippen molar-refractivity contribution in [1.29, 1.82) is 0 Å². The third-order valence-electron chi connectivity index (χ3n) is 2.19. The number of aromatic amines is 1. The molecule has 1 aromatic carbocycles. The van der Waals surface area contributed by atoms with Gasteiger partial charge in [-0.2, -0.15) is 0 Å². The minimum Gasteiger partial charge on any atom is -0.299 e. The number of nitrogens with one attached hydrogen (secondary N) is 1. The van der Waals surface area contributed by atoms with Gasteiger partial charge in [-0.3, -0.25) is 14.3 Å². The van der Waals surface area contributed by atoms with Gasteiger partial charge >= 0.3 is 0 Å². The van der Waals surface area contributed by atoms with Gasteiger partial charge in [-0.1, -0.05) is 6.07 Å². The number of H-pyrrole nitrogens is 1. The third kappa shape index (κ3) is 1.94. The van der Waals surface area contributed by atoms with Crippen LogP contribution < -0.4 is 5.56 Å². The maximum absolute atomic E-state index is 13.7. The Kier molecular flexibility index (Phi) is 2.70. The van der Waals surface area contributed by atoms with Gasteiger partial charge in [-0.05, 0) is 36.8 Å². The predicted octanol–water partition coefficient (Wildman–Crippen LogP) is 2.34. The van der Waals surface area contributed by atoms with Crippen LogP contribution in [0.2, 0.25) is 0 Å². The Labute approximate surface area is 96.2 Å². The minimum absolute atomic E-state index is 0.176. The molecule has 3 nitrogen and oxygen atoms in total. The molecular weight excluding hydrogens is 227 g/mol. The molecule has 0 amide bonds. The van der Waals surface area contributed by atoms with E-state index in [0.717, 1.165) is 5.56 Å². The average Bonchev–Trinajstić information content (AvgIpc) is 2.19. The summed E-state index contributed by atoms with van der Waals surface area (Å²) < 4.78 is 15.3. The molecule has 0 atom stereocenters. The van der Waals surface area contributed by atoms with Crippen molar-refractivity contribution in [2.24, 2.45) is 0 Å². The second-order valence-corrected chi connectivity index (χ2v) is 3.82. The van der Waals surface area contributed by atoms with Gasteiger partial charge < -0.3 is 0 Å². The highest BCUT2D eigenvalue weighted by molar-refractivity contribution is 7.71. The first-order valence-corrected chi connectivity index (χ1v) is 5.07. The van der Waals surface area contributed by atoms with E-state index in [1.807, 2.05) is 0 Å². The summed E-state index contributed by atoms with van der Waals surface area (Å²) in [5, 5.41) is 0. The quantitative estimate of drug-likeness (QED) is 0.772. The Morgan fingerprint density at radius 2 is 2.12 bits per heavy atom. The van der Waals surface area contributed by atoms with Crippen molar-refractivity contribution < 1.29 is 4.39 Å². The summed E-state index contributed by atoms with van der Waals surface area (Å²) >= 11 is 4.95. The Hall–Kier alpha value is -1.75. The molecule has 2 aromatic rings. The molecule has 2 rings (SSSR count). The molecule has 0 saturated heterocycles. The molecule has 0 saturated carbocycles. The molecule has 0 spiro atoms. The molecule has 1 heterocycles. The lowest BCUT2D eigenvalue weighted by Crippen LogP contribution is -2.10. The van der Waals surface area contributed by atoms with Crippen molar-refractivity contribution >= 4 is 12.2 Å². The number of nitrogens with zero attached hydrogens (tertiary/aromatic N) is 1. The monoisotopic (exact) mass is 236 g/mol. The van der Waals surface area contributed by atoms with E-state index in [9.17, 15) is 9.18 Å². The summed E-state index contributed by atoms with van der Waals surface area (Å²) in [4.78, 5) is 13.4. The molecule has 5 heteroatoms. The van der Waals surface area contributed by atoms with E-state index in [2.05, 4.69) is 4.98 Å². The van der Waals surface area contributed by atoms with Crippen LogP contribution in [-0.4, -0.2) is 9.55 Å². The number of aromatic nitrogens is 2. The van der Waals surface area contributed by atoms with Crippen LogP contribution in [0, 0.1) is 17.5 Å². The van der Waals surface area contributed by atoms with Crippen LogP contribution in [0.25, 0.3) is 5.69 Å². The summed E-state index contributed by atoms with van der Waals surface area (Å²) in [6.07, 6.45) is 1.45. The largest absolute Gasteiger partial charge is 0.299 e. The fourth-order valence-electron chi connectivity index (χ4n) is 1.41. The normalized spacial score (nSPS) is 10.4. The lowest BCUT2D eigenvalue weighted by Gasteiger charge is -2.07. The highest BCUT2D eigenvalue weighted by Crippen LogP contribution is 2.14. The molecule has 0 fully saturated rings. The Morgan fingerprint density at radius 3 is 2.75 bits per heavy atom. The van der Waals surface area contributed by atoms with Gasteiger partial charge in [0.2, 0.25) is 0 Å². The van der Waals surface area contributed by atoms with Gasteiger partial charge in [0.05, 0.1) is 5.69 Å². The van der Waals surface area contributed by atoms with Crippen LogP contribution in [-0.2, 0) is 0 Å². The van der Waals surface area contributed by atoms with Gasteiger partial charge in [0.1, 0.15) is 5.82 Å². The summed E-state index contributed by atoms with van der Waals surface area (Å²) in [5.74, 6) is -0.372. The smallest absolute Gasteiger partial charge is 0.251 e. The first kappa shape index (κ1) is 10.8. The Balaban J connectivity index is 2.68. The molecule has 0 aliphatic rings. The van der Waals surface area contributed by atoms with Gasteiger partial charge in [-0.25, -0.2) is 4.39 Å². The molecule has 0 unspecified atom stereocenters. The van der Waals surface area contributed by atoms with Crippen molar-refractivity contribution in [3.8, 4) is 5.69 Å². The topological polar surface area (TPSA) is 37.8 Å². The molecule has 1 aromatic heterocycles. The van der Waals surface area contributed by atoms with Crippen LogP contribution in [0.4, 0.5) is 4.39 Å². The standard InChI is InChI=1S/C11H9FN2OS/c1-7-2-3-9(8(12)6-7)14-5-4-10(15)13-11(14)16/h2-6H,1H3,(H,13,15,16). The fourth-order valence-corrected chi connectivity index (χ4v) is 1.67. The second kappa shape index (κ2) is 4.02. The Morgan fingerprint density at radius 1 is 1.38 bits per heavy atom. The van der Waals surface area contributed by atoms with E-state index < -0.39 is 0 Å². The second-order valence-electron chi connectivity index (χ2n) is 3.44. The number of benzene rings is 1. The van der Waals surface area contributed by atoms with Crippen molar-refractivity contribution in [3.63, 3.8) is 0 Å². The lowest BCUT2D eigenvalue weighted by atomic mass is 10.2. The highest BCUT2D eigenvalue weighted by atomic mass is 32.1. The Bertz CT molecular complexity index is 645. The van der Waals surface area contributed by atoms with Gasteiger partial charge in [0.25, 0.3) is 5.56 Å². The zero-order chi connectivity index (χ0) is 11.7. The maximum Gasteiger partial charge on any atom is 0.251 e. The van der Waals surface area contributed by atoms with E-state index in [1.54, 1.807) is 19.1 Å². The maximum atomic E-state index is 13.7. The molecule has 1 N–H and O–H groups in total. The van der Waals surface area contributed by atoms with Crippen molar-refractivity contribution in [2.75, 3.05) is 0 Å². The molecule has 82 valence electrons. The van der Waals surface area contributed by atoms with Crippen molar-refractivity contribution in [1.82, 2.24) is 9.55 Å². The summed E-state index contributed by atoms with van der Waals surface area (Å²) in [6, 6.07) is 6.13. The molecule has 0 radical (unpaired) electrons. The first-order chi connectivity index (χ1) is 7.58. The van der Waals surface area contributed by atoms with Crippen LogP contribution in [0.15, 0.2) is 35.3 Å². The van der Waals surface area contributed by atoms with E-state index in [4.69, 9.17) is 12.2 Å². The number of hydrogen-bond donors (Lipinski definition) is 1. The average molecular weight is 236 g/mol. The molecular formula is C11H9FN2OS. The number of aryl methyl sites for hydroxylation is 1. The number of rotatable bonds is 1. The third-order valence-corrected chi connectivity index (χ3v) is 2.49. The molecule has 0 aliphatic carbocycles. The van der Waals surface area contributed by atoms with Crippen molar-refractivity contribution in [3.05, 3.63) is 57.0 Å². The van der Waals surface area contributed by atoms with E-state index in [1.165, 1.54) is 22.9 Å². The van der Waals surface area contributed by atoms with Crippen LogP contribution in [0.1, 0.15) is 5.56 Å². The van der Waals surface area contributed by atoms with Gasteiger partial charge in [-0.15, -0.1) is 0 Å².